The first kappa shape index (κ1) is 18.3. The summed E-state index contributed by atoms with van der Waals surface area (Å²) in [5.41, 5.74) is 3.15. The van der Waals surface area contributed by atoms with Crippen molar-refractivity contribution in [2.75, 3.05) is 37.6 Å². The van der Waals surface area contributed by atoms with Gasteiger partial charge in [-0.1, -0.05) is 26.8 Å². The van der Waals surface area contributed by atoms with Crippen LogP contribution in [0.3, 0.4) is 0 Å². The molecule has 2 fully saturated rings. The van der Waals surface area contributed by atoms with E-state index in [0.29, 0.717) is 6.54 Å². The summed E-state index contributed by atoms with van der Waals surface area (Å²) in [4.78, 5) is 22.2. The third kappa shape index (κ3) is 4.10. The van der Waals surface area contributed by atoms with Crippen LogP contribution in [0.4, 0.5) is 10.5 Å². The number of rotatable bonds is 4. The molecule has 1 aromatic heterocycles. The number of benzene rings is 1. The predicted octanol–water partition coefficient (Wildman–Crippen LogP) is 3.31. The second-order valence-corrected chi connectivity index (χ2v) is 9.06. The van der Waals surface area contributed by atoms with Crippen molar-refractivity contribution in [2.45, 2.75) is 46.1 Å². The van der Waals surface area contributed by atoms with Crippen LogP contribution < -0.4 is 10.2 Å². The Morgan fingerprint density at radius 2 is 1.93 bits per heavy atom. The van der Waals surface area contributed by atoms with Crippen molar-refractivity contribution in [1.82, 2.24) is 19.8 Å². The summed E-state index contributed by atoms with van der Waals surface area (Å²) in [6.07, 6.45) is 5.33. The van der Waals surface area contributed by atoms with Crippen LogP contribution in [0.15, 0.2) is 24.5 Å². The van der Waals surface area contributed by atoms with Gasteiger partial charge >= 0.3 is 6.03 Å². The van der Waals surface area contributed by atoms with Gasteiger partial charge in [0.25, 0.3) is 0 Å². The van der Waals surface area contributed by atoms with Gasteiger partial charge < -0.3 is 10.2 Å². The van der Waals surface area contributed by atoms with Crippen LogP contribution in [0, 0.1) is 5.41 Å². The zero-order valence-electron chi connectivity index (χ0n) is 16.7. The smallest absolute Gasteiger partial charge is 0.327 e. The van der Waals surface area contributed by atoms with Gasteiger partial charge in [-0.15, -0.1) is 0 Å². The van der Waals surface area contributed by atoms with Crippen molar-refractivity contribution in [3.63, 3.8) is 0 Å². The molecule has 1 N–H and O–H groups in total. The lowest BCUT2D eigenvalue weighted by atomic mass is 9.92. The highest BCUT2D eigenvalue weighted by atomic mass is 16.2. The molecule has 0 unspecified atom stereocenters. The molecule has 1 saturated carbocycles. The molecule has 0 spiro atoms. The highest BCUT2D eigenvalue weighted by molar-refractivity contribution is 5.95. The second-order valence-electron chi connectivity index (χ2n) is 9.06. The molecule has 1 aliphatic carbocycles. The number of imidazole rings is 1. The van der Waals surface area contributed by atoms with Crippen molar-refractivity contribution in [1.29, 1.82) is 0 Å². The average molecular weight is 370 g/mol. The number of aromatic nitrogens is 2. The quantitative estimate of drug-likeness (QED) is 0.898. The van der Waals surface area contributed by atoms with Gasteiger partial charge in [-0.25, -0.2) is 9.78 Å². The van der Waals surface area contributed by atoms with Crippen molar-refractivity contribution in [2.24, 2.45) is 5.41 Å². The zero-order valence-corrected chi connectivity index (χ0v) is 16.7. The maximum atomic E-state index is 12.6. The maximum absolute atomic E-state index is 12.6. The van der Waals surface area contributed by atoms with E-state index in [9.17, 15) is 4.79 Å². The van der Waals surface area contributed by atoms with E-state index in [1.807, 2.05) is 12.1 Å². The molecule has 6 nitrogen and oxygen atoms in total. The number of hydrogen-bond acceptors (Lipinski definition) is 4. The van der Waals surface area contributed by atoms with Crippen molar-refractivity contribution < 1.29 is 4.79 Å². The van der Waals surface area contributed by atoms with Gasteiger partial charge in [-0.05, 0) is 36.8 Å². The Kier molecular flexibility index (Phi) is 4.84. The molecule has 1 aromatic carbocycles. The van der Waals surface area contributed by atoms with Crippen LogP contribution in [-0.4, -0.2) is 59.2 Å². The number of fused-ring (bicyclic) bond motifs is 1. The SMILES string of the molecule is CC(C)(C)CCNC(=O)n1cnc2c(N3CCN(C4CC4)CC3)cccc21. The van der Waals surface area contributed by atoms with Crippen LogP contribution in [-0.2, 0) is 0 Å². The highest BCUT2D eigenvalue weighted by Gasteiger charge is 2.31. The van der Waals surface area contributed by atoms with Gasteiger partial charge in [-0.3, -0.25) is 9.47 Å². The molecule has 4 rings (SSSR count). The summed E-state index contributed by atoms with van der Waals surface area (Å²) >= 11 is 0. The molecule has 1 amide bonds. The van der Waals surface area contributed by atoms with Crippen LogP contribution >= 0.6 is 0 Å². The Hall–Kier alpha value is -2.08. The van der Waals surface area contributed by atoms with E-state index in [2.05, 4.69) is 46.9 Å². The molecule has 2 aliphatic rings. The number of amides is 1. The summed E-state index contributed by atoms with van der Waals surface area (Å²) in [7, 11) is 0. The van der Waals surface area contributed by atoms with Gasteiger partial charge in [0.1, 0.15) is 11.8 Å². The maximum Gasteiger partial charge on any atom is 0.327 e. The molecule has 0 atom stereocenters. The lowest BCUT2D eigenvalue weighted by molar-refractivity contribution is 0.241. The highest BCUT2D eigenvalue weighted by Crippen LogP contribution is 2.30. The van der Waals surface area contributed by atoms with Gasteiger partial charge in [0, 0.05) is 38.8 Å². The Balaban J connectivity index is 1.47. The largest absolute Gasteiger partial charge is 0.367 e. The number of carbonyl (C=O) groups excluding carboxylic acids is 1. The first-order chi connectivity index (χ1) is 12.9. The first-order valence-electron chi connectivity index (χ1n) is 10.2. The molecule has 1 saturated heterocycles. The summed E-state index contributed by atoms with van der Waals surface area (Å²) in [6, 6.07) is 6.88. The van der Waals surface area contributed by atoms with E-state index in [0.717, 1.165) is 55.4 Å². The van der Waals surface area contributed by atoms with Gasteiger partial charge in [0.15, 0.2) is 0 Å². The van der Waals surface area contributed by atoms with E-state index in [4.69, 9.17) is 0 Å². The summed E-state index contributed by atoms with van der Waals surface area (Å²) in [5.74, 6) is 0. The van der Waals surface area contributed by atoms with E-state index >= 15 is 0 Å². The van der Waals surface area contributed by atoms with Crippen LogP contribution in [0.25, 0.3) is 11.0 Å². The second kappa shape index (κ2) is 7.15. The summed E-state index contributed by atoms with van der Waals surface area (Å²) in [6.45, 7) is 11.5. The fourth-order valence-corrected chi connectivity index (χ4v) is 3.84. The molecule has 0 radical (unpaired) electrons. The zero-order chi connectivity index (χ0) is 19.0. The minimum absolute atomic E-state index is 0.0996. The number of nitrogens with zero attached hydrogens (tertiary/aromatic N) is 4. The molecule has 0 bridgehead atoms. The Bertz CT molecular complexity index is 810. The molecule has 6 heteroatoms. The number of hydrogen-bond donors (Lipinski definition) is 1. The van der Waals surface area contributed by atoms with Crippen molar-refractivity contribution in [3.05, 3.63) is 24.5 Å². The number of anilines is 1. The van der Waals surface area contributed by atoms with Crippen LogP contribution in [0.1, 0.15) is 40.0 Å². The molecule has 2 heterocycles. The first-order valence-corrected chi connectivity index (χ1v) is 10.2. The summed E-state index contributed by atoms with van der Waals surface area (Å²) in [5, 5.41) is 3.02. The Morgan fingerprint density at radius 3 is 2.59 bits per heavy atom. The topological polar surface area (TPSA) is 53.4 Å². The van der Waals surface area contributed by atoms with Crippen molar-refractivity contribution >= 4 is 22.8 Å². The third-order valence-electron chi connectivity index (χ3n) is 5.64. The molecule has 27 heavy (non-hydrogen) atoms. The molecular formula is C21H31N5O. The lowest BCUT2D eigenvalue weighted by Crippen LogP contribution is -2.47. The van der Waals surface area contributed by atoms with E-state index in [1.54, 1.807) is 10.9 Å². The van der Waals surface area contributed by atoms with Crippen LogP contribution in [0.2, 0.25) is 0 Å². The standard InChI is InChI=1S/C21H31N5O/c1-21(2,3)9-10-22-20(27)26-15-23-19-17(5-4-6-18(19)26)25-13-11-24(12-14-25)16-7-8-16/h4-6,15-16H,7-14H2,1-3H3,(H,22,27). The number of nitrogens with one attached hydrogen (secondary N) is 1. The molecule has 1 aliphatic heterocycles. The number of para-hydroxylation sites is 1. The number of carbonyl (C=O) groups is 1. The Labute approximate surface area is 161 Å². The minimum atomic E-state index is -0.0996. The monoisotopic (exact) mass is 369 g/mol. The minimum Gasteiger partial charge on any atom is -0.367 e. The number of piperazine rings is 1. The molecular weight excluding hydrogens is 338 g/mol. The lowest BCUT2D eigenvalue weighted by Gasteiger charge is -2.36. The normalized spacial score (nSPS) is 18.9. The van der Waals surface area contributed by atoms with E-state index < -0.39 is 0 Å². The fraction of sp³-hybridized carbons (Fsp3) is 0.619. The average Bonchev–Trinajstić information content (AvgIpc) is 3.39. The molecule has 2 aromatic rings. The van der Waals surface area contributed by atoms with Crippen LogP contribution in [0.5, 0.6) is 0 Å². The Morgan fingerprint density at radius 1 is 1.19 bits per heavy atom. The van der Waals surface area contributed by atoms with E-state index in [1.165, 1.54) is 12.8 Å². The molecule has 146 valence electrons. The van der Waals surface area contributed by atoms with Crippen molar-refractivity contribution in [3.8, 4) is 0 Å². The van der Waals surface area contributed by atoms with Gasteiger partial charge in [0.05, 0.1) is 11.2 Å². The summed E-state index contributed by atoms with van der Waals surface area (Å²) < 4.78 is 1.64. The van der Waals surface area contributed by atoms with E-state index in [-0.39, 0.29) is 11.4 Å². The predicted molar refractivity (Wildman–Crippen MR) is 109 cm³/mol. The van der Waals surface area contributed by atoms with Gasteiger partial charge in [0.2, 0.25) is 0 Å². The van der Waals surface area contributed by atoms with Gasteiger partial charge in [-0.2, -0.15) is 0 Å². The third-order valence-corrected chi connectivity index (χ3v) is 5.64. The fourth-order valence-electron chi connectivity index (χ4n) is 3.84.